The lowest BCUT2D eigenvalue weighted by Gasteiger charge is -2.35. The summed E-state index contributed by atoms with van der Waals surface area (Å²) in [4.78, 5) is 14.2. The average Bonchev–Trinajstić information content (AvgIpc) is 4.08. The summed E-state index contributed by atoms with van der Waals surface area (Å²) in [5.74, 6) is 2.06. The van der Waals surface area contributed by atoms with E-state index in [0.717, 1.165) is 76.9 Å². The molecule has 0 saturated heterocycles. The third kappa shape index (κ3) is 6.46. The Kier molecular flexibility index (Phi) is 9.59. The number of aliphatic imine (C=N–C) groups is 2. The first kappa shape index (κ1) is 40.3. The number of furan rings is 1. The average molecular weight is 913 g/mol. The number of thioether (sulfide) groups is 1. The SMILES string of the molecule is CC1c2cc(C3CC=Cc4c3sc3cccc(C5=CCCC(C6=CC=CC7C8=C(C=CCC8)SC67)=NC(c6ccc7c(c6)oc6ccccc67)=N5)c43)ccc2-c2ccccc2C1c1ccccc1. The van der Waals surface area contributed by atoms with Gasteiger partial charge >= 0.3 is 0 Å². The molecular weight excluding hydrogens is 865 g/mol. The third-order valence-electron chi connectivity index (χ3n) is 15.4. The smallest absolute Gasteiger partial charge is 0.160 e. The lowest BCUT2D eigenvalue weighted by atomic mass is 9.69. The van der Waals surface area contributed by atoms with Gasteiger partial charge in [0.15, 0.2) is 5.84 Å². The highest BCUT2D eigenvalue weighted by Gasteiger charge is 2.39. The first-order valence-electron chi connectivity index (χ1n) is 24.4. The lowest BCUT2D eigenvalue weighted by molar-refractivity contribution is 0.647. The molecule has 4 aliphatic carbocycles. The second-order valence-corrected chi connectivity index (χ2v) is 21.5. The molecule has 0 fully saturated rings. The maximum atomic E-state index is 6.48. The van der Waals surface area contributed by atoms with Crippen molar-refractivity contribution in [1.29, 1.82) is 0 Å². The fourth-order valence-electron chi connectivity index (χ4n) is 12.2. The van der Waals surface area contributed by atoms with Crippen molar-refractivity contribution >= 4 is 78.4 Å². The zero-order valence-electron chi connectivity index (χ0n) is 37.9. The van der Waals surface area contributed by atoms with Crippen LogP contribution in [0.1, 0.15) is 101 Å². The maximum Gasteiger partial charge on any atom is 0.160 e. The van der Waals surface area contributed by atoms with Crippen LogP contribution in [0, 0.1) is 5.92 Å². The predicted octanol–water partition coefficient (Wildman–Crippen LogP) is 17.1. The number of fused-ring (bicyclic) bond motifs is 11. The molecule has 0 spiro atoms. The fourth-order valence-corrected chi connectivity index (χ4v) is 15.2. The molecule has 14 rings (SSSR count). The van der Waals surface area contributed by atoms with E-state index in [1.165, 1.54) is 69.9 Å². The van der Waals surface area contributed by atoms with Crippen LogP contribution in [0.5, 0.6) is 0 Å². The van der Waals surface area contributed by atoms with E-state index in [-0.39, 0.29) is 5.92 Å². The largest absolute Gasteiger partial charge is 0.456 e. The van der Waals surface area contributed by atoms with Gasteiger partial charge in [-0.25, -0.2) is 9.98 Å². The normalized spacial score (nSPS) is 22.7. The van der Waals surface area contributed by atoms with Gasteiger partial charge in [-0.3, -0.25) is 0 Å². The van der Waals surface area contributed by atoms with E-state index in [1.807, 2.05) is 29.2 Å². The molecule has 2 aromatic heterocycles. The van der Waals surface area contributed by atoms with Crippen molar-refractivity contribution in [2.75, 3.05) is 0 Å². The number of para-hydroxylation sites is 1. The van der Waals surface area contributed by atoms with E-state index >= 15 is 0 Å². The van der Waals surface area contributed by atoms with Gasteiger partial charge in [0.1, 0.15) is 11.2 Å². The monoisotopic (exact) mass is 912 g/mol. The highest BCUT2D eigenvalue weighted by atomic mass is 32.2. The van der Waals surface area contributed by atoms with Crippen molar-refractivity contribution in [2.45, 2.75) is 62.0 Å². The maximum absolute atomic E-state index is 6.48. The Morgan fingerprint density at radius 2 is 1.53 bits per heavy atom. The highest BCUT2D eigenvalue weighted by molar-refractivity contribution is 8.04. The Bertz CT molecular complexity index is 3680. The van der Waals surface area contributed by atoms with E-state index in [2.05, 4.69) is 183 Å². The quantitative estimate of drug-likeness (QED) is 0.173. The molecule has 5 unspecified atom stereocenters. The van der Waals surface area contributed by atoms with Crippen LogP contribution in [0.3, 0.4) is 0 Å². The van der Waals surface area contributed by atoms with Crippen molar-refractivity contribution in [1.82, 2.24) is 0 Å². The highest BCUT2D eigenvalue weighted by Crippen LogP contribution is 2.54. The standard InChI is InChI=1S/C63H48N2OS2/c1-37-52-35-39(31-33-43(52)42-17-5-6-20-47(42)59(37)38-15-3-2-4-16-38)41-21-11-25-51-60-49(23-13-30-58(60)68-61(41)51)53-26-14-27-54(50-24-12-22-48-46-19-8-10-29-57(46)67-62(48)50)65-63(64-53)40-32-34-45-44-18-7-9-28-55(44)66-56(45)36-40/h2-7,9-13,15-18,20,22-26,28-37,41,48,59,62H,8,14,19,21,27H2,1H3. The number of benzene rings is 6. The molecule has 328 valence electrons. The molecule has 68 heavy (non-hydrogen) atoms. The Morgan fingerprint density at radius 3 is 2.49 bits per heavy atom. The van der Waals surface area contributed by atoms with E-state index in [9.17, 15) is 0 Å². The topological polar surface area (TPSA) is 37.9 Å². The first-order chi connectivity index (χ1) is 33.6. The minimum absolute atomic E-state index is 0.268. The number of allylic oxidation sites excluding steroid dienone is 8. The van der Waals surface area contributed by atoms with Crippen molar-refractivity contribution in [3.05, 3.63) is 236 Å². The Balaban J connectivity index is 0.874. The van der Waals surface area contributed by atoms with Gasteiger partial charge in [-0.15, -0.1) is 23.1 Å². The zero-order chi connectivity index (χ0) is 44.9. The summed E-state index contributed by atoms with van der Waals surface area (Å²) < 4.78 is 7.78. The van der Waals surface area contributed by atoms with Crippen LogP contribution >= 0.6 is 23.1 Å². The van der Waals surface area contributed by atoms with E-state index in [4.69, 9.17) is 14.4 Å². The van der Waals surface area contributed by atoms with E-state index < -0.39 is 0 Å². The van der Waals surface area contributed by atoms with Crippen molar-refractivity contribution < 1.29 is 4.42 Å². The molecule has 3 nitrogen and oxygen atoms in total. The number of thiophene rings is 1. The fraction of sp³-hybridized carbons (Fsp3) is 0.175. The van der Waals surface area contributed by atoms with Crippen molar-refractivity contribution in [3.8, 4) is 11.1 Å². The molecule has 0 radical (unpaired) electrons. The molecule has 6 aromatic carbocycles. The number of rotatable bonds is 5. The van der Waals surface area contributed by atoms with Gasteiger partial charge in [-0.05, 0) is 112 Å². The summed E-state index contributed by atoms with van der Waals surface area (Å²) in [7, 11) is 0. The van der Waals surface area contributed by atoms with Gasteiger partial charge < -0.3 is 4.42 Å². The second kappa shape index (κ2) is 16.2. The molecule has 4 heterocycles. The van der Waals surface area contributed by atoms with Gasteiger partial charge in [-0.1, -0.05) is 165 Å². The summed E-state index contributed by atoms with van der Waals surface area (Å²) in [5.41, 5.74) is 18.6. The van der Waals surface area contributed by atoms with Crippen LogP contribution in [0.2, 0.25) is 0 Å². The van der Waals surface area contributed by atoms with Crippen molar-refractivity contribution in [2.24, 2.45) is 15.9 Å². The number of hydrogen-bond acceptors (Lipinski definition) is 5. The third-order valence-corrected chi connectivity index (χ3v) is 18.2. The summed E-state index contributed by atoms with van der Waals surface area (Å²) >= 11 is 3.98. The van der Waals surface area contributed by atoms with Crippen LogP contribution in [0.25, 0.3) is 54.9 Å². The molecule has 0 bridgehead atoms. The van der Waals surface area contributed by atoms with Crippen LogP contribution in [-0.4, -0.2) is 16.8 Å². The lowest BCUT2D eigenvalue weighted by Crippen LogP contribution is -2.24. The Morgan fingerprint density at radius 1 is 0.676 bits per heavy atom. The summed E-state index contributed by atoms with van der Waals surface area (Å²) in [6.45, 7) is 2.43. The molecule has 2 aliphatic heterocycles. The molecular formula is C63H48N2OS2. The minimum atomic E-state index is 0.268. The van der Waals surface area contributed by atoms with Gasteiger partial charge in [0.05, 0.1) is 5.70 Å². The van der Waals surface area contributed by atoms with Gasteiger partial charge in [0.2, 0.25) is 0 Å². The van der Waals surface area contributed by atoms with Gasteiger partial charge in [-0.2, -0.15) is 0 Å². The van der Waals surface area contributed by atoms with Crippen LogP contribution < -0.4 is 0 Å². The number of amidine groups is 1. The first-order valence-corrected chi connectivity index (χ1v) is 26.1. The molecule has 0 N–H and O–H groups in total. The molecule has 8 aromatic rings. The Labute approximate surface area is 405 Å². The summed E-state index contributed by atoms with van der Waals surface area (Å²) in [6, 6.07) is 49.2. The number of hydrogen-bond donors (Lipinski definition) is 0. The van der Waals surface area contributed by atoms with Crippen LogP contribution in [-0.2, 0) is 0 Å². The van der Waals surface area contributed by atoms with Crippen LogP contribution in [0.4, 0.5) is 0 Å². The van der Waals surface area contributed by atoms with Crippen molar-refractivity contribution in [3.63, 3.8) is 0 Å². The summed E-state index contributed by atoms with van der Waals surface area (Å²) in [6.07, 6.45) is 23.8. The molecule has 5 atom stereocenters. The molecule has 5 heteroatoms. The summed E-state index contributed by atoms with van der Waals surface area (Å²) in [5, 5.41) is 3.86. The molecule has 6 aliphatic rings. The molecule has 0 saturated carbocycles. The number of nitrogens with zero attached hydrogens (tertiary/aromatic N) is 2. The van der Waals surface area contributed by atoms with Gasteiger partial charge in [0.25, 0.3) is 0 Å². The molecule has 0 amide bonds. The Hall–Kier alpha value is -6.79. The van der Waals surface area contributed by atoms with Gasteiger partial charge in [0, 0.05) is 70.5 Å². The second-order valence-electron chi connectivity index (χ2n) is 19.2. The zero-order valence-corrected chi connectivity index (χ0v) is 39.5. The van der Waals surface area contributed by atoms with E-state index in [0.29, 0.717) is 23.0 Å². The minimum Gasteiger partial charge on any atom is -0.456 e. The van der Waals surface area contributed by atoms with Crippen LogP contribution in [0.15, 0.2) is 206 Å². The predicted molar refractivity (Wildman–Crippen MR) is 288 cm³/mol. The van der Waals surface area contributed by atoms with E-state index in [1.54, 1.807) is 5.57 Å².